The van der Waals surface area contributed by atoms with Crippen LogP contribution in [0.25, 0.3) is 22.4 Å². The number of amides is 1. The molecule has 1 N–H and O–H groups in total. The number of aromatic amines is 1. The lowest BCUT2D eigenvalue weighted by atomic mass is 10.1. The largest absolute Gasteiger partial charge is 0.411 e. The maximum absolute atomic E-state index is 12.5. The number of fused-ring (bicyclic) bond motifs is 1. The lowest BCUT2D eigenvalue weighted by molar-refractivity contribution is -0.127. The van der Waals surface area contributed by atoms with Gasteiger partial charge in [0, 0.05) is 30.7 Å². The molecule has 0 saturated carbocycles. The van der Waals surface area contributed by atoms with Gasteiger partial charge in [-0.1, -0.05) is 53.7 Å². The minimum absolute atomic E-state index is 0.0156. The first kappa shape index (κ1) is 19.3. The second-order valence-corrected chi connectivity index (χ2v) is 8.02. The Kier molecular flexibility index (Phi) is 5.40. The zero-order chi connectivity index (χ0) is 20.4. The van der Waals surface area contributed by atoms with Crippen LogP contribution in [0.1, 0.15) is 16.7 Å². The Morgan fingerprint density at radius 1 is 1.17 bits per heavy atom. The molecule has 0 bridgehead atoms. The van der Waals surface area contributed by atoms with Crippen molar-refractivity contribution < 1.29 is 9.21 Å². The van der Waals surface area contributed by atoms with E-state index in [1.807, 2.05) is 37.5 Å². The standard InChI is InChI=1S/C22H22N4O2S/c1-14-8-9-16(15(2)10-14)12-26(3)20(27)13-29-22-25-24-21(28-22)18-11-23-19-7-5-4-6-17(18)19/h4-11,23H,12-13H2,1-3H3. The molecule has 7 heteroatoms. The third-order valence-corrected chi connectivity index (χ3v) is 5.68. The van der Waals surface area contributed by atoms with Crippen LogP contribution < -0.4 is 0 Å². The number of nitrogens with zero attached hydrogens (tertiary/aromatic N) is 3. The summed E-state index contributed by atoms with van der Waals surface area (Å²) >= 11 is 1.26. The lowest BCUT2D eigenvalue weighted by Gasteiger charge is -2.18. The number of rotatable bonds is 6. The van der Waals surface area contributed by atoms with Gasteiger partial charge in [-0.15, -0.1) is 10.2 Å². The average Bonchev–Trinajstić information content (AvgIpc) is 3.34. The Morgan fingerprint density at radius 3 is 2.83 bits per heavy atom. The van der Waals surface area contributed by atoms with E-state index in [0.717, 1.165) is 22.0 Å². The fraction of sp³-hybridized carbons (Fsp3) is 0.227. The highest BCUT2D eigenvalue weighted by Crippen LogP contribution is 2.29. The molecular weight excluding hydrogens is 384 g/mol. The fourth-order valence-corrected chi connectivity index (χ4v) is 3.93. The Balaban J connectivity index is 1.38. The maximum atomic E-state index is 12.5. The van der Waals surface area contributed by atoms with Crippen LogP contribution in [-0.2, 0) is 11.3 Å². The summed E-state index contributed by atoms with van der Waals surface area (Å²) in [5, 5.41) is 9.63. The number of hydrogen-bond acceptors (Lipinski definition) is 5. The molecule has 0 unspecified atom stereocenters. The molecule has 0 aliphatic heterocycles. The summed E-state index contributed by atoms with van der Waals surface area (Å²) < 4.78 is 5.77. The van der Waals surface area contributed by atoms with Crippen molar-refractivity contribution in [2.45, 2.75) is 25.6 Å². The second-order valence-electron chi connectivity index (χ2n) is 7.09. The molecular formula is C22H22N4O2S. The van der Waals surface area contributed by atoms with Gasteiger partial charge in [-0.25, -0.2) is 0 Å². The number of aryl methyl sites for hydroxylation is 2. The summed E-state index contributed by atoms with van der Waals surface area (Å²) in [6.45, 7) is 4.72. The van der Waals surface area contributed by atoms with Crippen molar-refractivity contribution in [3.05, 3.63) is 65.4 Å². The van der Waals surface area contributed by atoms with Crippen molar-refractivity contribution in [3.8, 4) is 11.5 Å². The van der Waals surface area contributed by atoms with Crippen LogP contribution in [0.2, 0.25) is 0 Å². The molecule has 0 fully saturated rings. The van der Waals surface area contributed by atoms with Crippen molar-refractivity contribution in [3.63, 3.8) is 0 Å². The Hall–Kier alpha value is -3.06. The van der Waals surface area contributed by atoms with E-state index in [4.69, 9.17) is 4.42 Å². The summed E-state index contributed by atoms with van der Waals surface area (Å²) in [5.74, 6) is 0.708. The molecule has 2 aromatic carbocycles. The molecule has 4 rings (SSSR count). The zero-order valence-electron chi connectivity index (χ0n) is 16.6. The van der Waals surface area contributed by atoms with Gasteiger partial charge in [-0.05, 0) is 31.0 Å². The van der Waals surface area contributed by atoms with Gasteiger partial charge < -0.3 is 14.3 Å². The van der Waals surface area contributed by atoms with Gasteiger partial charge in [0.1, 0.15) is 0 Å². The minimum atomic E-state index is 0.0156. The van der Waals surface area contributed by atoms with E-state index in [-0.39, 0.29) is 11.7 Å². The SMILES string of the molecule is Cc1ccc(CN(C)C(=O)CSc2nnc(-c3c[nH]c4ccccc34)o2)c(C)c1. The zero-order valence-corrected chi connectivity index (χ0v) is 17.4. The highest BCUT2D eigenvalue weighted by Gasteiger charge is 2.16. The Labute approximate surface area is 173 Å². The van der Waals surface area contributed by atoms with Gasteiger partial charge in [-0.3, -0.25) is 4.79 Å². The predicted molar refractivity (Wildman–Crippen MR) is 115 cm³/mol. The van der Waals surface area contributed by atoms with Crippen LogP contribution >= 0.6 is 11.8 Å². The molecule has 0 saturated heterocycles. The van der Waals surface area contributed by atoms with E-state index in [9.17, 15) is 4.79 Å². The number of para-hydroxylation sites is 1. The fourth-order valence-electron chi connectivity index (χ4n) is 3.23. The van der Waals surface area contributed by atoms with Gasteiger partial charge in [0.2, 0.25) is 5.91 Å². The summed E-state index contributed by atoms with van der Waals surface area (Å²) in [7, 11) is 1.81. The molecule has 148 valence electrons. The summed E-state index contributed by atoms with van der Waals surface area (Å²) in [4.78, 5) is 17.4. The first-order chi connectivity index (χ1) is 14.0. The van der Waals surface area contributed by atoms with E-state index >= 15 is 0 Å². The molecule has 6 nitrogen and oxygen atoms in total. The highest BCUT2D eigenvalue weighted by molar-refractivity contribution is 7.99. The molecule has 0 radical (unpaired) electrons. The first-order valence-corrected chi connectivity index (χ1v) is 10.3. The van der Waals surface area contributed by atoms with E-state index < -0.39 is 0 Å². The van der Waals surface area contributed by atoms with Crippen LogP contribution in [0.4, 0.5) is 0 Å². The second kappa shape index (κ2) is 8.13. The molecule has 29 heavy (non-hydrogen) atoms. The normalized spacial score (nSPS) is 11.1. The topological polar surface area (TPSA) is 75.0 Å². The van der Waals surface area contributed by atoms with Crippen LogP contribution in [0.5, 0.6) is 0 Å². The van der Waals surface area contributed by atoms with E-state index in [1.165, 1.54) is 22.9 Å². The lowest BCUT2D eigenvalue weighted by Crippen LogP contribution is -2.28. The molecule has 1 amide bonds. The molecule has 0 aliphatic rings. The number of hydrogen-bond donors (Lipinski definition) is 1. The van der Waals surface area contributed by atoms with Gasteiger partial charge in [0.05, 0.1) is 11.3 Å². The number of benzene rings is 2. The van der Waals surface area contributed by atoms with Crippen molar-refractivity contribution in [2.75, 3.05) is 12.8 Å². The summed E-state index contributed by atoms with van der Waals surface area (Å²) in [6.07, 6.45) is 1.86. The third kappa shape index (κ3) is 4.19. The predicted octanol–water partition coefficient (Wildman–Crippen LogP) is 4.59. The van der Waals surface area contributed by atoms with Crippen LogP contribution in [0, 0.1) is 13.8 Å². The Morgan fingerprint density at radius 2 is 2.00 bits per heavy atom. The molecule has 0 aliphatic carbocycles. The van der Waals surface area contributed by atoms with Crippen molar-refractivity contribution in [1.82, 2.24) is 20.1 Å². The molecule has 2 heterocycles. The van der Waals surface area contributed by atoms with Crippen LogP contribution in [0.15, 0.2) is 58.3 Å². The number of carbonyl (C=O) groups excluding carboxylic acids is 1. The average molecular weight is 407 g/mol. The van der Waals surface area contributed by atoms with Crippen LogP contribution in [0.3, 0.4) is 0 Å². The van der Waals surface area contributed by atoms with Crippen molar-refractivity contribution >= 4 is 28.6 Å². The summed E-state index contributed by atoms with van der Waals surface area (Å²) in [6, 6.07) is 14.2. The van der Waals surface area contributed by atoms with Gasteiger partial charge in [0.25, 0.3) is 11.1 Å². The maximum Gasteiger partial charge on any atom is 0.277 e. The third-order valence-electron chi connectivity index (χ3n) is 4.88. The van der Waals surface area contributed by atoms with Gasteiger partial charge >= 0.3 is 0 Å². The molecule has 2 aromatic heterocycles. The number of nitrogens with one attached hydrogen (secondary N) is 1. The van der Waals surface area contributed by atoms with Gasteiger partial charge in [-0.2, -0.15) is 0 Å². The minimum Gasteiger partial charge on any atom is -0.411 e. The van der Waals surface area contributed by atoms with Gasteiger partial charge in [0.15, 0.2) is 0 Å². The molecule has 4 aromatic rings. The summed E-state index contributed by atoms with van der Waals surface area (Å²) in [5.41, 5.74) is 5.43. The van der Waals surface area contributed by atoms with E-state index in [0.29, 0.717) is 17.7 Å². The smallest absolute Gasteiger partial charge is 0.277 e. The Bertz CT molecular complexity index is 1160. The monoisotopic (exact) mass is 406 g/mol. The quantitative estimate of drug-likeness (QED) is 0.474. The van der Waals surface area contributed by atoms with Crippen molar-refractivity contribution in [1.29, 1.82) is 0 Å². The highest BCUT2D eigenvalue weighted by atomic mass is 32.2. The number of carbonyl (C=O) groups is 1. The number of aromatic nitrogens is 3. The van der Waals surface area contributed by atoms with Crippen molar-refractivity contribution in [2.24, 2.45) is 0 Å². The first-order valence-electron chi connectivity index (χ1n) is 9.34. The van der Waals surface area contributed by atoms with E-state index in [1.54, 1.807) is 4.90 Å². The van der Waals surface area contributed by atoms with E-state index in [2.05, 4.69) is 47.2 Å². The molecule has 0 atom stereocenters. The number of thioether (sulfide) groups is 1. The molecule has 0 spiro atoms. The number of H-pyrrole nitrogens is 1. The van der Waals surface area contributed by atoms with Crippen LogP contribution in [-0.4, -0.2) is 38.8 Å².